The first-order chi connectivity index (χ1) is 7.29. The standard InChI is InChI=1S/C12H24N2O/c1-10-7-11(8-13)9-14(10)5-4-12-3-2-6-15-12/h10-12H,2-9,13H2,1H3. The van der Waals surface area contributed by atoms with Gasteiger partial charge in [0.1, 0.15) is 0 Å². The second-order valence-corrected chi connectivity index (χ2v) is 5.11. The van der Waals surface area contributed by atoms with Gasteiger partial charge in [0.25, 0.3) is 0 Å². The van der Waals surface area contributed by atoms with Crippen LogP contribution in [0.1, 0.15) is 32.6 Å². The van der Waals surface area contributed by atoms with Crippen LogP contribution in [-0.4, -0.2) is 43.3 Å². The van der Waals surface area contributed by atoms with Crippen LogP contribution in [0, 0.1) is 5.92 Å². The van der Waals surface area contributed by atoms with E-state index < -0.39 is 0 Å². The van der Waals surface area contributed by atoms with Gasteiger partial charge in [-0.25, -0.2) is 0 Å². The molecular weight excluding hydrogens is 188 g/mol. The molecule has 2 fully saturated rings. The van der Waals surface area contributed by atoms with E-state index in [1.54, 1.807) is 0 Å². The third kappa shape index (κ3) is 2.92. The van der Waals surface area contributed by atoms with Gasteiger partial charge in [0.15, 0.2) is 0 Å². The highest BCUT2D eigenvalue weighted by atomic mass is 16.5. The van der Waals surface area contributed by atoms with E-state index in [0.717, 1.165) is 25.1 Å². The van der Waals surface area contributed by atoms with E-state index in [9.17, 15) is 0 Å². The molecule has 0 saturated carbocycles. The van der Waals surface area contributed by atoms with E-state index >= 15 is 0 Å². The van der Waals surface area contributed by atoms with Crippen molar-refractivity contribution in [3.8, 4) is 0 Å². The molecule has 0 spiro atoms. The third-order valence-corrected chi connectivity index (χ3v) is 3.89. The first-order valence-electron chi connectivity index (χ1n) is 6.35. The number of likely N-dealkylation sites (tertiary alicyclic amines) is 1. The monoisotopic (exact) mass is 212 g/mol. The quantitative estimate of drug-likeness (QED) is 0.761. The molecule has 2 aliphatic heterocycles. The first kappa shape index (κ1) is 11.4. The molecule has 3 atom stereocenters. The molecule has 0 bridgehead atoms. The number of ether oxygens (including phenoxy) is 1. The van der Waals surface area contributed by atoms with Crippen LogP contribution in [0.25, 0.3) is 0 Å². The third-order valence-electron chi connectivity index (χ3n) is 3.89. The lowest BCUT2D eigenvalue weighted by molar-refractivity contribution is 0.0908. The Kier molecular flexibility index (Phi) is 4.00. The lowest BCUT2D eigenvalue weighted by Crippen LogP contribution is -2.30. The second kappa shape index (κ2) is 5.28. The van der Waals surface area contributed by atoms with Crippen molar-refractivity contribution in [2.45, 2.75) is 44.8 Å². The molecule has 15 heavy (non-hydrogen) atoms. The average Bonchev–Trinajstić information content (AvgIpc) is 2.84. The first-order valence-corrected chi connectivity index (χ1v) is 6.35. The molecule has 3 nitrogen and oxygen atoms in total. The Morgan fingerprint density at radius 1 is 1.47 bits per heavy atom. The van der Waals surface area contributed by atoms with Crippen LogP contribution in [0.3, 0.4) is 0 Å². The van der Waals surface area contributed by atoms with E-state index in [4.69, 9.17) is 10.5 Å². The second-order valence-electron chi connectivity index (χ2n) is 5.11. The lowest BCUT2D eigenvalue weighted by atomic mass is 10.1. The summed E-state index contributed by atoms with van der Waals surface area (Å²) in [6.07, 6.45) is 5.55. The van der Waals surface area contributed by atoms with Crippen molar-refractivity contribution in [1.82, 2.24) is 4.90 Å². The highest BCUT2D eigenvalue weighted by molar-refractivity contribution is 4.83. The SMILES string of the molecule is CC1CC(CN)CN1CCC1CCCO1. The molecule has 0 aromatic rings. The van der Waals surface area contributed by atoms with Gasteiger partial charge in [-0.1, -0.05) is 0 Å². The number of nitrogens with zero attached hydrogens (tertiary/aromatic N) is 1. The fraction of sp³-hybridized carbons (Fsp3) is 1.00. The normalized spacial score (nSPS) is 37.6. The molecule has 88 valence electrons. The van der Waals surface area contributed by atoms with Crippen molar-refractivity contribution in [3.05, 3.63) is 0 Å². The average molecular weight is 212 g/mol. The summed E-state index contributed by atoms with van der Waals surface area (Å²) in [5.74, 6) is 0.726. The Labute approximate surface area is 93.0 Å². The van der Waals surface area contributed by atoms with Crippen molar-refractivity contribution in [2.24, 2.45) is 11.7 Å². The maximum Gasteiger partial charge on any atom is 0.0588 e. The maximum atomic E-state index is 5.73. The van der Waals surface area contributed by atoms with E-state index in [-0.39, 0.29) is 0 Å². The fourth-order valence-electron chi connectivity index (χ4n) is 2.88. The Morgan fingerprint density at radius 3 is 2.93 bits per heavy atom. The summed E-state index contributed by atoms with van der Waals surface area (Å²) in [6, 6.07) is 0.722. The largest absolute Gasteiger partial charge is 0.378 e. The summed E-state index contributed by atoms with van der Waals surface area (Å²) in [6.45, 7) is 6.55. The molecule has 3 heteroatoms. The zero-order valence-electron chi connectivity index (χ0n) is 9.82. The Morgan fingerprint density at radius 2 is 2.33 bits per heavy atom. The van der Waals surface area contributed by atoms with E-state index in [2.05, 4.69) is 11.8 Å². The summed E-state index contributed by atoms with van der Waals surface area (Å²) < 4.78 is 5.65. The van der Waals surface area contributed by atoms with Crippen molar-refractivity contribution >= 4 is 0 Å². The van der Waals surface area contributed by atoms with Crippen LogP contribution < -0.4 is 5.73 Å². The molecule has 2 N–H and O–H groups in total. The van der Waals surface area contributed by atoms with Gasteiger partial charge in [-0.2, -0.15) is 0 Å². The van der Waals surface area contributed by atoms with Gasteiger partial charge in [-0.15, -0.1) is 0 Å². The molecule has 2 saturated heterocycles. The van der Waals surface area contributed by atoms with Gasteiger partial charge in [0.05, 0.1) is 6.10 Å². The zero-order valence-corrected chi connectivity index (χ0v) is 9.82. The molecule has 2 rings (SSSR count). The number of hydrogen-bond donors (Lipinski definition) is 1. The van der Waals surface area contributed by atoms with E-state index in [0.29, 0.717) is 6.10 Å². The van der Waals surface area contributed by atoms with Crippen molar-refractivity contribution in [1.29, 1.82) is 0 Å². The molecular formula is C12H24N2O. The van der Waals surface area contributed by atoms with E-state index in [1.807, 2.05) is 0 Å². The topological polar surface area (TPSA) is 38.5 Å². The van der Waals surface area contributed by atoms with Gasteiger partial charge >= 0.3 is 0 Å². The predicted octanol–water partition coefficient (Wildman–Crippen LogP) is 1.22. The van der Waals surface area contributed by atoms with Crippen molar-refractivity contribution in [2.75, 3.05) is 26.2 Å². The predicted molar refractivity (Wildman–Crippen MR) is 61.8 cm³/mol. The van der Waals surface area contributed by atoms with Crippen molar-refractivity contribution in [3.63, 3.8) is 0 Å². The molecule has 0 radical (unpaired) electrons. The summed E-state index contributed by atoms with van der Waals surface area (Å²) in [5.41, 5.74) is 5.73. The van der Waals surface area contributed by atoms with Gasteiger partial charge in [-0.3, -0.25) is 0 Å². The molecule has 0 amide bonds. The maximum absolute atomic E-state index is 5.73. The zero-order chi connectivity index (χ0) is 10.7. The van der Waals surface area contributed by atoms with Crippen LogP contribution in [0.15, 0.2) is 0 Å². The molecule has 0 aromatic heterocycles. The van der Waals surface area contributed by atoms with Crippen LogP contribution in [0.2, 0.25) is 0 Å². The molecule has 0 aromatic carbocycles. The van der Waals surface area contributed by atoms with Crippen LogP contribution in [0.5, 0.6) is 0 Å². The smallest absolute Gasteiger partial charge is 0.0588 e. The Hall–Kier alpha value is -0.120. The van der Waals surface area contributed by atoms with Crippen LogP contribution in [-0.2, 0) is 4.74 Å². The number of nitrogens with two attached hydrogens (primary N) is 1. The van der Waals surface area contributed by atoms with Gasteiger partial charge in [0.2, 0.25) is 0 Å². The van der Waals surface area contributed by atoms with Gasteiger partial charge < -0.3 is 15.4 Å². The summed E-state index contributed by atoms with van der Waals surface area (Å²) >= 11 is 0. The van der Waals surface area contributed by atoms with Gasteiger partial charge in [-0.05, 0) is 45.1 Å². The minimum Gasteiger partial charge on any atom is -0.378 e. The molecule has 0 aliphatic carbocycles. The summed E-state index contributed by atoms with van der Waals surface area (Å²) in [5, 5.41) is 0. The summed E-state index contributed by atoms with van der Waals surface area (Å²) in [7, 11) is 0. The van der Waals surface area contributed by atoms with E-state index in [1.165, 1.54) is 38.8 Å². The molecule has 3 unspecified atom stereocenters. The fourth-order valence-corrected chi connectivity index (χ4v) is 2.88. The molecule has 2 aliphatic rings. The highest BCUT2D eigenvalue weighted by Gasteiger charge is 2.28. The van der Waals surface area contributed by atoms with Crippen LogP contribution in [0.4, 0.5) is 0 Å². The van der Waals surface area contributed by atoms with Gasteiger partial charge in [0, 0.05) is 25.7 Å². The highest BCUT2D eigenvalue weighted by Crippen LogP contribution is 2.23. The Bertz CT molecular complexity index is 192. The van der Waals surface area contributed by atoms with Crippen molar-refractivity contribution < 1.29 is 4.74 Å². The van der Waals surface area contributed by atoms with Crippen LogP contribution >= 0.6 is 0 Å². The number of rotatable bonds is 4. The lowest BCUT2D eigenvalue weighted by Gasteiger charge is -2.22. The Balaban J connectivity index is 1.70. The minimum absolute atomic E-state index is 0.536. The minimum atomic E-state index is 0.536. The summed E-state index contributed by atoms with van der Waals surface area (Å²) in [4.78, 5) is 2.58. The molecule has 2 heterocycles. The number of hydrogen-bond acceptors (Lipinski definition) is 3.